The van der Waals surface area contributed by atoms with E-state index in [1.54, 1.807) is 12.1 Å². The lowest BCUT2D eigenvalue weighted by Crippen LogP contribution is -2.07. The first-order valence-corrected chi connectivity index (χ1v) is 7.87. The van der Waals surface area contributed by atoms with Crippen molar-refractivity contribution in [1.29, 1.82) is 0 Å². The number of benzene rings is 2. The number of carbonyl (C=O) groups is 1. The molecular formula is C18H15N3O6. The van der Waals surface area contributed by atoms with Crippen molar-refractivity contribution in [3.05, 3.63) is 69.6 Å². The summed E-state index contributed by atoms with van der Waals surface area (Å²) in [7, 11) is 1.47. The molecule has 0 radical (unpaired) electrons. The van der Waals surface area contributed by atoms with E-state index in [9.17, 15) is 14.9 Å². The predicted molar refractivity (Wildman–Crippen MR) is 93.2 cm³/mol. The molecule has 3 rings (SSSR count). The SMILES string of the molecule is COc1ccc(C)cc1C(=O)OCc1nnc(-c2ccc([N+](=O)[O-])cc2)o1. The van der Waals surface area contributed by atoms with E-state index < -0.39 is 10.9 Å². The van der Waals surface area contributed by atoms with Gasteiger partial charge in [0, 0.05) is 17.7 Å². The number of hydrogen-bond donors (Lipinski definition) is 0. The van der Waals surface area contributed by atoms with Gasteiger partial charge in [0.05, 0.1) is 12.0 Å². The fourth-order valence-electron chi connectivity index (χ4n) is 2.34. The molecule has 0 saturated carbocycles. The minimum Gasteiger partial charge on any atom is -0.496 e. The number of non-ortho nitro benzene ring substituents is 1. The van der Waals surface area contributed by atoms with Gasteiger partial charge in [-0.3, -0.25) is 10.1 Å². The molecule has 0 aliphatic carbocycles. The van der Waals surface area contributed by atoms with Crippen molar-refractivity contribution in [2.75, 3.05) is 7.11 Å². The Morgan fingerprint density at radius 1 is 1.19 bits per heavy atom. The van der Waals surface area contributed by atoms with E-state index in [4.69, 9.17) is 13.9 Å². The average molecular weight is 369 g/mol. The Balaban J connectivity index is 1.68. The summed E-state index contributed by atoms with van der Waals surface area (Å²) in [6, 6.07) is 10.8. The van der Waals surface area contributed by atoms with Crippen LogP contribution in [0.25, 0.3) is 11.5 Å². The molecule has 0 unspecified atom stereocenters. The largest absolute Gasteiger partial charge is 0.496 e. The number of nitro groups is 1. The number of esters is 1. The molecule has 0 amide bonds. The average Bonchev–Trinajstić information content (AvgIpc) is 3.15. The van der Waals surface area contributed by atoms with Gasteiger partial charge in [-0.25, -0.2) is 4.79 Å². The lowest BCUT2D eigenvalue weighted by molar-refractivity contribution is -0.384. The summed E-state index contributed by atoms with van der Waals surface area (Å²) < 4.78 is 15.8. The third kappa shape index (κ3) is 4.09. The van der Waals surface area contributed by atoms with Crippen LogP contribution in [-0.4, -0.2) is 28.2 Å². The zero-order valence-electron chi connectivity index (χ0n) is 14.5. The van der Waals surface area contributed by atoms with Crippen LogP contribution in [0, 0.1) is 17.0 Å². The fourth-order valence-corrected chi connectivity index (χ4v) is 2.34. The van der Waals surface area contributed by atoms with Crippen LogP contribution < -0.4 is 4.74 Å². The minimum atomic E-state index is -0.578. The second kappa shape index (κ2) is 7.65. The first-order chi connectivity index (χ1) is 13.0. The Bertz CT molecular complexity index is 981. The molecule has 0 N–H and O–H groups in total. The first kappa shape index (κ1) is 18.1. The van der Waals surface area contributed by atoms with Crippen molar-refractivity contribution in [3.63, 3.8) is 0 Å². The van der Waals surface area contributed by atoms with Gasteiger partial charge in [-0.05, 0) is 31.2 Å². The van der Waals surface area contributed by atoms with Crippen LogP contribution in [0.5, 0.6) is 5.75 Å². The van der Waals surface area contributed by atoms with Gasteiger partial charge in [-0.2, -0.15) is 0 Å². The number of nitro benzene ring substituents is 1. The first-order valence-electron chi connectivity index (χ1n) is 7.87. The van der Waals surface area contributed by atoms with E-state index >= 15 is 0 Å². The van der Waals surface area contributed by atoms with Crippen LogP contribution in [0.3, 0.4) is 0 Å². The summed E-state index contributed by atoms with van der Waals surface area (Å²) in [5.41, 5.74) is 1.67. The molecule has 9 nitrogen and oxygen atoms in total. The van der Waals surface area contributed by atoms with Gasteiger partial charge in [0.25, 0.3) is 11.6 Å². The quantitative estimate of drug-likeness (QED) is 0.369. The Morgan fingerprint density at radius 2 is 1.93 bits per heavy atom. The highest BCUT2D eigenvalue weighted by atomic mass is 16.6. The normalized spacial score (nSPS) is 10.4. The van der Waals surface area contributed by atoms with Gasteiger partial charge in [-0.15, -0.1) is 10.2 Å². The molecule has 0 fully saturated rings. The van der Waals surface area contributed by atoms with Crippen LogP contribution in [0.2, 0.25) is 0 Å². The van der Waals surface area contributed by atoms with Crippen LogP contribution in [-0.2, 0) is 11.3 Å². The maximum Gasteiger partial charge on any atom is 0.342 e. The van der Waals surface area contributed by atoms with Crippen molar-refractivity contribution in [1.82, 2.24) is 10.2 Å². The summed E-state index contributed by atoms with van der Waals surface area (Å²) in [6.07, 6.45) is 0. The smallest absolute Gasteiger partial charge is 0.342 e. The van der Waals surface area contributed by atoms with Gasteiger partial charge < -0.3 is 13.9 Å². The number of nitrogens with zero attached hydrogens (tertiary/aromatic N) is 3. The lowest BCUT2D eigenvalue weighted by Gasteiger charge is -2.08. The molecule has 0 aliphatic heterocycles. The highest BCUT2D eigenvalue weighted by molar-refractivity contribution is 5.92. The van der Waals surface area contributed by atoms with Crippen LogP contribution in [0.1, 0.15) is 21.8 Å². The third-order valence-corrected chi connectivity index (χ3v) is 3.69. The summed E-state index contributed by atoms with van der Waals surface area (Å²) in [6.45, 7) is 1.64. The number of aromatic nitrogens is 2. The van der Waals surface area contributed by atoms with E-state index in [1.807, 2.05) is 13.0 Å². The number of rotatable bonds is 6. The molecular weight excluding hydrogens is 354 g/mol. The number of carbonyl (C=O) groups excluding carboxylic acids is 1. The Labute approximate surface area is 153 Å². The van der Waals surface area contributed by atoms with Crippen molar-refractivity contribution in [2.24, 2.45) is 0 Å². The standard InChI is InChI=1S/C18H15N3O6/c1-11-3-8-15(25-2)14(9-11)18(22)26-10-16-19-20-17(27-16)12-4-6-13(7-5-12)21(23)24/h3-9H,10H2,1-2H3. The predicted octanol–water partition coefficient (Wildman–Crippen LogP) is 3.32. The van der Waals surface area contributed by atoms with Crippen molar-refractivity contribution >= 4 is 11.7 Å². The molecule has 2 aromatic carbocycles. The topological polar surface area (TPSA) is 118 Å². The molecule has 138 valence electrons. The van der Waals surface area contributed by atoms with Crippen LogP contribution in [0.4, 0.5) is 5.69 Å². The Hall–Kier alpha value is -3.75. The highest BCUT2D eigenvalue weighted by Gasteiger charge is 2.16. The number of methoxy groups -OCH3 is 1. The Morgan fingerprint density at radius 3 is 2.59 bits per heavy atom. The second-order valence-electron chi connectivity index (χ2n) is 5.58. The molecule has 3 aromatic rings. The molecule has 1 heterocycles. The molecule has 27 heavy (non-hydrogen) atoms. The monoisotopic (exact) mass is 369 g/mol. The number of hydrogen-bond acceptors (Lipinski definition) is 8. The van der Waals surface area contributed by atoms with Crippen LogP contribution in [0.15, 0.2) is 46.9 Å². The Kier molecular flexibility index (Phi) is 5.11. The van der Waals surface area contributed by atoms with Gasteiger partial charge in [0.1, 0.15) is 11.3 Å². The van der Waals surface area contributed by atoms with Gasteiger partial charge in [-0.1, -0.05) is 11.6 Å². The minimum absolute atomic E-state index is 0.0421. The van der Waals surface area contributed by atoms with Gasteiger partial charge >= 0.3 is 5.97 Å². The van der Waals surface area contributed by atoms with Crippen molar-refractivity contribution in [2.45, 2.75) is 13.5 Å². The molecule has 9 heteroatoms. The maximum atomic E-state index is 12.3. The van der Waals surface area contributed by atoms with E-state index in [0.29, 0.717) is 16.9 Å². The zero-order valence-corrected chi connectivity index (χ0v) is 14.5. The third-order valence-electron chi connectivity index (χ3n) is 3.69. The second-order valence-corrected chi connectivity index (χ2v) is 5.58. The fraction of sp³-hybridized carbons (Fsp3) is 0.167. The molecule has 0 saturated heterocycles. The van der Waals surface area contributed by atoms with Crippen molar-refractivity contribution in [3.8, 4) is 17.2 Å². The molecule has 0 bridgehead atoms. The summed E-state index contributed by atoms with van der Waals surface area (Å²) >= 11 is 0. The zero-order chi connectivity index (χ0) is 19.4. The molecule has 0 aliphatic rings. The maximum absolute atomic E-state index is 12.3. The molecule has 0 atom stereocenters. The summed E-state index contributed by atoms with van der Waals surface area (Å²) in [5.74, 6) is 0.0979. The van der Waals surface area contributed by atoms with E-state index in [0.717, 1.165) is 5.56 Å². The number of ether oxygens (including phenoxy) is 2. The van der Waals surface area contributed by atoms with E-state index in [-0.39, 0.29) is 24.1 Å². The molecule has 1 aromatic heterocycles. The van der Waals surface area contributed by atoms with Crippen LogP contribution >= 0.6 is 0 Å². The van der Waals surface area contributed by atoms with Crippen molar-refractivity contribution < 1.29 is 23.6 Å². The highest BCUT2D eigenvalue weighted by Crippen LogP contribution is 2.23. The van der Waals surface area contributed by atoms with Gasteiger partial charge in [0.15, 0.2) is 6.61 Å². The summed E-state index contributed by atoms with van der Waals surface area (Å²) in [4.78, 5) is 22.5. The molecule has 0 spiro atoms. The van der Waals surface area contributed by atoms with Gasteiger partial charge in [0.2, 0.25) is 5.89 Å². The van der Waals surface area contributed by atoms with E-state index in [1.165, 1.54) is 31.4 Å². The van der Waals surface area contributed by atoms with E-state index in [2.05, 4.69) is 10.2 Å². The summed E-state index contributed by atoms with van der Waals surface area (Å²) in [5, 5.41) is 18.4. The lowest BCUT2D eigenvalue weighted by atomic mass is 10.1. The number of aryl methyl sites for hydroxylation is 1.